The zero-order chi connectivity index (χ0) is 13.9. The van der Waals surface area contributed by atoms with Gasteiger partial charge in [0.05, 0.1) is 11.1 Å². The predicted molar refractivity (Wildman–Crippen MR) is 61.5 cm³/mol. The number of Topliss-reactive ketones (excluding diaryl/α,β-unsaturated/α-hetero) is 1. The third kappa shape index (κ3) is 3.37. The summed E-state index contributed by atoms with van der Waals surface area (Å²) in [6.07, 6.45) is -0.297. The molecule has 0 spiro atoms. The van der Waals surface area contributed by atoms with Crippen LogP contribution in [0.5, 0.6) is 0 Å². The zero-order valence-electron chi connectivity index (χ0n) is 9.69. The number of carbonyl (C=O) groups is 1. The third-order valence-corrected chi connectivity index (χ3v) is 2.53. The Morgan fingerprint density at radius 3 is 2.16 bits per heavy atom. The van der Waals surface area contributed by atoms with Gasteiger partial charge in [0, 0.05) is 18.8 Å². The van der Waals surface area contributed by atoms with E-state index in [0.717, 1.165) is 12.1 Å². The lowest BCUT2D eigenvalue weighted by atomic mass is 10.0. The Balaban J connectivity index is 2.10. The standard InChI is InChI=1S/C13H9F3N2O/c14-13(15,16)11-3-1-9(2-4-11)5-12(19)10-6-17-8-18-7-10/h1-4,6-8H,5H2. The fourth-order valence-electron chi connectivity index (χ4n) is 1.54. The number of rotatable bonds is 3. The molecule has 1 aromatic carbocycles. The van der Waals surface area contributed by atoms with Crippen molar-refractivity contribution in [1.82, 2.24) is 9.97 Å². The van der Waals surface area contributed by atoms with Crippen LogP contribution in [-0.4, -0.2) is 15.8 Å². The molecule has 0 saturated carbocycles. The van der Waals surface area contributed by atoms with Crippen LogP contribution >= 0.6 is 0 Å². The molecule has 0 amide bonds. The van der Waals surface area contributed by atoms with E-state index in [-0.39, 0.29) is 12.2 Å². The maximum absolute atomic E-state index is 12.4. The Labute approximate surface area is 107 Å². The highest BCUT2D eigenvalue weighted by Gasteiger charge is 2.29. The highest BCUT2D eigenvalue weighted by atomic mass is 19.4. The number of halogens is 3. The highest BCUT2D eigenvalue weighted by molar-refractivity contribution is 5.96. The first-order chi connectivity index (χ1) is 8.97. The number of hydrogen-bond donors (Lipinski definition) is 0. The van der Waals surface area contributed by atoms with E-state index in [4.69, 9.17) is 0 Å². The van der Waals surface area contributed by atoms with Gasteiger partial charge in [0.25, 0.3) is 0 Å². The molecule has 98 valence electrons. The second kappa shape index (κ2) is 5.17. The smallest absolute Gasteiger partial charge is 0.294 e. The molecule has 3 nitrogen and oxygen atoms in total. The Morgan fingerprint density at radius 2 is 1.63 bits per heavy atom. The van der Waals surface area contributed by atoms with Crippen molar-refractivity contribution in [1.29, 1.82) is 0 Å². The monoisotopic (exact) mass is 266 g/mol. The van der Waals surface area contributed by atoms with Crippen molar-refractivity contribution in [2.45, 2.75) is 12.6 Å². The Hall–Kier alpha value is -2.24. The van der Waals surface area contributed by atoms with E-state index in [1.165, 1.54) is 30.9 Å². The van der Waals surface area contributed by atoms with Crippen LogP contribution < -0.4 is 0 Å². The first-order valence-electron chi connectivity index (χ1n) is 5.41. The molecule has 0 aliphatic heterocycles. The van der Waals surface area contributed by atoms with E-state index in [1.54, 1.807) is 0 Å². The fourth-order valence-corrected chi connectivity index (χ4v) is 1.54. The summed E-state index contributed by atoms with van der Waals surface area (Å²) in [6, 6.07) is 4.52. The van der Waals surface area contributed by atoms with E-state index in [1.807, 2.05) is 0 Å². The summed E-state index contributed by atoms with van der Waals surface area (Å²) < 4.78 is 37.1. The van der Waals surface area contributed by atoms with Gasteiger partial charge in [-0.2, -0.15) is 13.2 Å². The molecule has 1 aromatic heterocycles. The quantitative estimate of drug-likeness (QED) is 0.802. The molecular weight excluding hydrogens is 257 g/mol. The lowest BCUT2D eigenvalue weighted by Gasteiger charge is -2.07. The van der Waals surface area contributed by atoms with Gasteiger partial charge < -0.3 is 0 Å². The molecule has 19 heavy (non-hydrogen) atoms. The van der Waals surface area contributed by atoms with Crippen LogP contribution in [0.1, 0.15) is 21.5 Å². The number of carbonyl (C=O) groups excluding carboxylic acids is 1. The van der Waals surface area contributed by atoms with E-state index in [2.05, 4.69) is 9.97 Å². The molecule has 0 aliphatic rings. The molecule has 0 saturated heterocycles. The van der Waals surface area contributed by atoms with Crippen LogP contribution in [0.4, 0.5) is 13.2 Å². The second-order valence-electron chi connectivity index (χ2n) is 3.92. The lowest BCUT2D eigenvalue weighted by Crippen LogP contribution is -2.07. The lowest BCUT2D eigenvalue weighted by molar-refractivity contribution is -0.137. The first-order valence-corrected chi connectivity index (χ1v) is 5.41. The average Bonchev–Trinajstić information content (AvgIpc) is 2.39. The van der Waals surface area contributed by atoms with Crippen LogP contribution in [0.25, 0.3) is 0 Å². The largest absolute Gasteiger partial charge is 0.416 e. The maximum Gasteiger partial charge on any atom is 0.416 e. The molecule has 0 aliphatic carbocycles. The van der Waals surface area contributed by atoms with Gasteiger partial charge in [-0.3, -0.25) is 4.79 Å². The number of alkyl halides is 3. The van der Waals surface area contributed by atoms with Crippen LogP contribution in [0, 0.1) is 0 Å². The van der Waals surface area contributed by atoms with Crippen molar-refractivity contribution >= 4 is 5.78 Å². The van der Waals surface area contributed by atoms with E-state index >= 15 is 0 Å². The van der Waals surface area contributed by atoms with E-state index in [9.17, 15) is 18.0 Å². The summed E-state index contributed by atoms with van der Waals surface area (Å²) >= 11 is 0. The van der Waals surface area contributed by atoms with Gasteiger partial charge in [-0.05, 0) is 17.7 Å². The van der Waals surface area contributed by atoms with Gasteiger partial charge in [0.2, 0.25) is 0 Å². The summed E-state index contributed by atoms with van der Waals surface area (Å²) in [5.74, 6) is -0.236. The number of aromatic nitrogens is 2. The molecule has 0 atom stereocenters. The summed E-state index contributed by atoms with van der Waals surface area (Å²) in [5.41, 5.74) is 0.121. The second-order valence-corrected chi connectivity index (χ2v) is 3.92. The van der Waals surface area contributed by atoms with Crippen molar-refractivity contribution in [2.75, 3.05) is 0 Å². The molecule has 6 heteroatoms. The molecule has 0 unspecified atom stereocenters. The van der Waals surface area contributed by atoms with Gasteiger partial charge >= 0.3 is 6.18 Å². The highest BCUT2D eigenvalue weighted by Crippen LogP contribution is 2.29. The molecule has 2 rings (SSSR count). The van der Waals surface area contributed by atoms with Crippen LogP contribution in [-0.2, 0) is 12.6 Å². The fraction of sp³-hybridized carbons (Fsp3) is 0.154. The minimum Gasteiger partial charge on any atom is -0.294 e. The minimum atomic E-state index is -4.37. The van der Waals surface area contributed by atoms with Gasteiger partial charge in [0.1, 0.15) is 6.33 Å². The predicted octanol–water partition coefficient (Wildman–Crippen LogP) is 2.92. The maximum atomic E-state index is 12.4. The van der Waals surface area contributed by atoms with Crippen molar-refractivity contribution in [3.8, 4) is 0 Å². The van der Waals surface area contributed by atoms with Crippen molar-refractivity contribution in [2.24, 2.45) is 0 Å². The summed E-state index contributed by atoms with van der Waals surface area (Å²) in [5, 5.41) is 0. The van der Waals surface area contributed by atoms with Gasteiger partial charge in [-0.15, -0.1) is 0 Å². The number of ketones is 1. The van der Waals surface area contributed by atoms with Crippen molar-refractivity contribution < 1.29 is 18.0 Å². The Kier molecular flexibility index (Phi) is 3.59. The average molecular weight is 266 g/mol. The Morgan fingerprint density at radius 1 is 1.05 bits per heavy atom. The summed E-state index contributed by atoms with van der Waals surface area (Å²) in [4.78, 5) is 19.2. The third-order valence-electron chi connectivity index (χ3n) is 2.53. The minimum absolute atomic E-state index is 0.0194. The molecule has 1 heterocycles. The number of benzene rings is 1. The topological polar surface area (TPSA) is 42.9 Å². The van der Waals surface area contributed by atoms with E-state index in [0.29, 0.717) is 11.1 Å². The molecule has 0 bridgehead atoms. The molecular formula is C13H9F3N2O. The first kappa shape index (κ1) is 13.2. The summed E-state index contributed by atoms with van der Waals surface area (Å²) in [7, 11) is 0. The number of hydrogen-bond acceptors (Lipinski definition) is 3. The molecule has 2 aromatic rings. The zero-order valence-corrected chi connectivity index (χ0v) is 9.69. The molecule has 0 fully saturated rings. The SMILES string of the molecule is O=C(Cc1ccc(C(F)(F)F)cc1)c1cncnc1. The van der Waals surface area contributed by atoms with Crippen LogP contribution in [0.15, 0.2) is 43.0 Å². The van der Waals surface area contributed by atoms with Gasteiger partial charge in [0.15, 0.2) is 5.78 Å². The van der Waals surface area contributed by atoms with Crippen LogP contribution in [0.2, 0.25) is 0 Å². The summed E-state index contributed by atoms with van der Waals surface area (Å²) in [6.45, 7) is 0. The molecule has 0 radical (unpaired) electrons. The van der Waals surface area contributed by atoms with Crippen molar-refractivity contribution in [3.05, 3.63) is 59.7 Å². The van der Waals surface area contributed by atoms with Crippen LogP contribution in [0.3, 0.4) is 0 Å². The molecule has 0 N–H and O–H groups in total. The Bertz CT molecular complexity index is 565. The number of nitrogens with zero attached hydrogens (tertiary/aromatic N) is 2. The van der Waals surface area contributed by atoms with E-state index < -0.39 is 11.7 Å². The van der Waals surface area contributed by atoms with Crippen molar-refractivity contribution in [3.63, 3.8) is 0 Å². The normalized spacial score (nSPS) is 11.3. The van der Waals surface area contributed by atoms with Gasteiger partial charge in [-0.1, -0.05) is 12.1 Å². The van der Waals surface area contributed by atoms with Gasteiger partial charge in [-0.25, -0.2) is 9.97 Å².